The standard InChI is InChI=1S/C9H6ClNO3S/c10-8-4-1-7(2-5-8)3-6-9(12)11-15(13)14/h1-6H. The van der Waals surface area contributed by atoms with E-state index in [1.165, 1.54) is 6.08 Å². The van der Waals surface area contributed by atoms with E-state index in [2.05, 4.69) is 4.36 Å². The summed E-state index contributed by atoms with van der Waals surface area (Å²) in [4.78, 5) is 10.8. The van der Waals surface area contributed by atoms with Crippen LogP contribution in [0, 0.1) is 0 Å². The van der Waals surface area contributed by atoms with Crippen LogP contribution in [0.15, 0.2) is 34.7 Å². The zero-order chi connectivity index (χ0) is 11.3. The molecule has 0 radical (unpaired) electrons. The molecule has 0 unspecified atom stereocenters. The highest BCUT2D eigenvalue weighted by Crippen LogP contribution is 2.10. The van der Waals surface area contributed by atoms with Gasteiger partial charge in [0.2, 0.25) is 0 Å². The summed E-state index contributed by atoms with van der Waals surface area (Å²) in [5.74, 6) is -0.821. The summed E-state index contributed by atoms with van der Waals surface area (Å²) >= 11 is 5.65. The number of benzene rings is 1. The van der Waals surface area contributed by atoms with Crippen molar-refractivity contribution in [1.82, 2.24) is 0 Å². The maximum absolute atomic E-state index is 10.8. The number of halogens is 1. The first kappa shape index (κ1) is 11.6. The molecule has 0 aromatic heterocycles. The Bertz CT molecular complexity index is 509. The van der Waals surface area contributed by atoms with Gasteiger partial charge in [0.1, 0.15) is 0 Å². The molecule has 0 saturated carbocycles. The van der Waals surface area contributed by atoms with Crippen molar-refractivity contribution < 1.29 is 13.2 Å². The Kier molecular flexibility index (Phi) is 4.20. The minimum absolute atomic E-state index is 0.587. The largest absolute Gasteiger partial charge is 0.319 e. The molecule has 0 atom stereocenters. The van der Waals surface area contributed by atoms with E-state index >= 15 is 0 Å². The molecular formula is C9H6ClNO3S. The normalized spacial score (nSPS) is 10.2. The molecule has 1 rings (SSSR count). The van der Waals surface area contributed by atoms with Crippen LogP contribution in [-0.2, 0) is 15.3 Å². The van der Waals surface area contributed by atoms with E-state index in [9.17, 15) is 13.2 Å². The Hall–Kier alpha value is -1.46. The summed E-state index contributed by atoms with van der Waals surface area (Å²) in [6.45, 7) is 0. The Balaban J connectivity index is 2.78. The lowest BCUT2D eigenvalue weighted by Crippen LogP contribution is -1.84. The highest BCUT2D eigenvalue weighted by molar-refractivity contribution is 7.62. The van der Waals surface area contributed by atoms with Crippen molar-refractivity contribution in [2.24, 2.45) is 4.36 Å². The summed E-state index contributed by atoms with van der Waals surface area (Å²) in [5, 5.41) is 0.587. The van der Waals surface area contributed by atoms with Gasteiger partial charge in [-0.05, 0) is 23.8 Å². The second-order valence-electron chi connectivity index (χ2n) is 2.53. The average Bonchev–Trinajstić information content (AvgIpc) is 2.16. The van der Waals surface area contributed by atoms with Gasteiger partial charge >= 0.3 is 10.5 Å². The van der Waals surface area contributed by atoms with Crippen molar-refractivity contribution in [2.75, 3.05) is 0 Å². The molecule has 78 valence electrons. The van der Waals surface area contributed by atoms with Gasteiger partial charge in [-0.3, -0.25) is 4.79 Å². The van der Waals surface area contributed by atoms with Gasteiger partial charge in [-0.1, -0.05) is 28.1 Å². The zero-order valence-electron chi connectivity index (χ0n) is 7.42. The van der Waals surface area contributed by atoms with E-state index < -0.39 is 16.4 Å². The van der Waals surface area contributed by atoms with Crippen molar-refractivity contribution in [3.05, 3.63) is 40.9 Å². The smallest absolute Gasteiger partial charge is 0.266 e. The van der Waals surface area contributed by atoms with Gasteiger partial charge in [-0.2, -0.15) is 8.42 Å². The van der Waals surface area contributed by atoms with E-state index in [4.69, 9.17) is 11.6 Å². The van der Waals surface area contributed by atoms with Gasteiger partial charge in [0.15, 0.2) is 0 Å². The maximum atomic E-state index is 10.8. The van der Waals surface area contributed by atoms with Crippen molar-refractivity contribution >= 4 is 34.1 Å². The lowest BCUT2D eigenvalue weighted by Gasteiger charge is -1.91. The average molecular weight is 244 g/mol. The van der Waals surface area contributed by atoms with E-state index in [1.54, 1.807) is 24.3 Å². The highest BCUT2D eigenvalue weighted by Gasteiger charge is 1.92. The summed E-state index contributed by atoms with van der Waals surface area (Å²) < 4.78 is 22.8. The first-order valence-electron chi connectivity index (χ1n) is 3.86. The van der Waals surface area contributed by atoms with Gasteiger partial charge in [0.05, 0.1) is 0 Å². The van der Waals surface area contributed by atoms with E-state index in [-0.39, 0.29) is 0 Å². The Morgan fingerprint density at radius 3 is 2.40 bits per heavy atom. The molecule has 0 heterocycles. The molecule has 15 heavy (non-hydrogen) atoms. The molecule has 6 heteroatoms. The monoisotopic (exact) mass is 243 g/mol. The summed E-state index contributed by atoms with van der Waals surface area (Å²) in [7, 11) is -2.70. The predicted molar refractivity (Wildman–Crippen MR) is 56.8 cm³/mol. The third-order valence-corrected chi connectivity index (χ3v) is 2.03. The molecular weight excluding hydrogens is 238 g/mol. The van der Waals surface area contributed by atoms with E-state index in [0.717, 1.165) is 11.6 Å². The number of carbonyl (C=O) groups is 1. The van der Waals surface area contributed by atoms with E-state index in [1.807, 2.05) is 0 Å². The van der Waals surface area contributed by atoms with Crippen molar-refractivity contribution in [3.8, 4) is 0 Å². The quantitative estimate of drug-likeness (QED) is 0.746. The van der Waals surface area contributed by atoms with Crippen molar-refractivity contribution in [3.63, 3.8) is 0 Å². The van der Waals surface area contributed by atoms with Crippen LogP contribution in [0.1, 0.15) is 5.56 Å². The SMILES string of the molecule is O=C(C=Cc1ccc(Cl)cc1)N=S(=O)=O. The molecule has 4 nitrogen and oxygen atoms in total. The first-order valence-corrected chi connectivity index (χ1v) is 5.27. The van der Waals surface area contributed by atoms with Crippen LogP contribution in [0.5, 0.6) is 0 Å². The minimum Gasteiger partial charge on any atom is -0.266 e. The molecule has 0 fully saturated rings. The Labute approximate surface area is 92.9 Å². The fourth-order valence-corrected chi connectivity index (χ4v) is 1.18. The number of hydrogen-bond donors (Lipinski definition) is 0. The summed E-state index contributed by atoms with van der Waals surface area (Å²) in [6, 6.07) is 6.71. The van der Waals surface area contributed by atoms with Gasteiger partial charge < -0.3 is 0 Å². The minimum atomic E-state index is -2.70. The van der Waals surface area contributed by atoms with Gasteiger partial charge in [0.25, 0.3) is 5.91 Å². The topological polar surface area (TPSA) is 63.6 Å². The molecule has 0 saturated heterocycles. The van der Waals surface area contributed by atoms with Gasteiger partial charge in [0, 0.05) is 11.1 Å². The van der Waals surface area contributed by atoms with Crippen LogP contribution in [0.3, 0.4) is 0 Å². The number of nitrogens with zero attached hydrogens (tertiary/aromatic N) is 1. The molecule has 1 aromatic carbocycles. The third-order valence-electron chi connectivity index (χ3n) is 1.45. The van der Waals surface area contributed by atoms with Crippen LogP contribution < -0.4 is 0 Å². The molecule has 1 amide bonds. The number of rotatable bonds is 2. The van der Waals surface area contributed by atoms with Crippen molar-refractivity contribution in [2.45, 2.75) is 0 Å². The van der Waals surface area contributed by atoms with Gasteiger partial charge in [-0.15, -0.1) is 0 Å². The molecule has 0 aliphatic rings. The van der Waals surface area contributed by atoms with Crippen LogP contribution in [-0.4, -0.2) is 14.3 Å². The molecule has 0 spiro atoms. The fourth-order valence-electron chi connectivity index (χ4n) is 0.845. The number of hydrogen-bond acceptors (Lipinski definition) is 3. The fraction of sp³-hybridized carbons (Fsp3) is 0. The van der Waals surface area contributed by atoms with Crippen molar-refractivity contribution in [1.29, 1.82) is 0 Å². The zero-order valence-corrected chi connectivity index (χ0v) is 8.99. The molecule has 1 aromatic rings. The van der Waals surface area contributed by atoms with Crippen LogP contribution in [0.25, 0.3) is 6.08 Å². The highest BCUT2D eigenvalue weighted by atomic mass is 35.5. The third kappa shape index (κ3) is 4.53. The van der Waals surface area contributed by atoms with E-state index in [0.29, 0.717) is 5.02 Å². The second kappa shape index (κ2) is 5.43. The van der Waals surface area contributed by atoms with Crippen LogP contribution >= 0.6 is 11.6 Å². The molecule has 0 N–H and O–H groups in total. The Morgan fingerprint density at radius 1 is 1.27 bits per heavy atom. The predicted octanol–water partition coefficient (Wildman–Crippen LogP) is 1.94. The summed E-state index contributed by atoms with van der Waals surface area (Å²) in [5.41, 5.74) is 0.736. The lowest BCUT2D eigenvalue weighted by atomic mass is 10.2. The van der Waals surface area contributed by atoms with Crippen LogP contribution in [0.2, 0.25) is 5.02 Å². The maximum Gasteiger partial charge on any atom is 0.319 e. The van der Waals surface area contributed by atoms with Gasteiger partial charge in [-0.25, -0.2) is 0 Å². The lowest BCUT2D eigenvalue weighted by molar-refractivity contribution is -0.113. The molecule has 0 bridgehead atoms. The first-order chi connectivity index (χ1) is 7.08. The summed E-state index contributed by atoms with van der Waals surface area (Å²) in [6.07, 6.45) is 2.52. The van der Waals surface area contributed by atoms with Crippen LogP contribution in [0.4, 0.5) is 0 Å². The second-order valence-corrected chi connectivity index (χ2v) is 3.58. The number of amides is 1. The Morgan fingerprint density at radius 2 is 1.87 bits per heavy atom. The number of carbonyl (C=O) groups excluding carboxylic acids is 1. The molecule has 0 aliphatic heterocycles. The molecule has 0 aliphatic carbocycles.